The Balaban J connectivity index is 1.48. The largest absolute Gasteiger partial charge is 0.363 e. The van der Waals surface area contributed by atoms with Crippen molar-refractivity contribution in [3.05, 3.63) is 35.8 Å². The summed E-state index contributed by atoms with van der Waals surface area (Å²) in [5, 5.41) is 16.0. The smallest absolute Gasteiger partial charge is 0.258 e. The van der Waals surface area contributed by atoms with Gasteiger partial charge >= 0.3 is 0 Å². The van der Waals surface area contributed by atoms with Gasteiger partial charge in [-0.1, -0.05) is 25.4 Å². The van der Waals surface area contributed by atoms with Gasteiger partial charge in [-0.3, -0.25) is 0 Å². The second kappa shape index (κ2) is 7.23. The number of anilines is 1. The van der Waals surface area contributed by atoms with Gasteiger partial charge in [-0.05, 0) is 25.0 Å². The Kier molecular flexibility index (Phi) is 4.64. The molecule has 1 N–H and O–H groups in total. The maximum Gasteiger partial charge on any atom is 0.258 e. The molecule has 136 valence electrons. The summed E-state index contributed by atoms with van der Waals surface area (Å²) in [5.74, 6) is 4.24. The number of hydrogen-bond donors (Lipinski definition) is 1. The molecule has 0 bridgehead atoms. The van der Waals surface area contributed by atoms with Gasteiger partial charge in [-0.25, -0.2) is 4.98 Å². The number of aromatic nitrogens is 6. The minimum Gasteiger partial charge on any atom is -0.363 e. The fraction of sp³-hybridized carbons (Fsp3) is 0.500. The molecule has 3 aromatic heterocycles. The van der Waals surface area contributed by atoms with Crippen molar-refractivity contribution < 1.29 is 4.52 Å². The lowest BCUT2D eigenvalue weighted by Crippen LogP contribution is -2.10. The Labute approximate surface area is 152 Å². The number of nitrogens with zero attached hydrogens (tertiary/aromatic N) is 6. The predicted octanol–water partition coefficient (Wildman–Crippen LogP) is 3.19. The van der Waals surface area contributed by atoms with Crippen molar-refractivity contribution in [2.24, 2.45) is 0 Å². The van der Waals surface area contributed by atoms with Gasteiger partial charge in [0, 0.05) is 30.6 Å². The van der Waals surface area contributed by atoms with E-state index in [1.165, 1.54) is 19.3 Å². The van der Waals surface area contributed by atoms with Crippen molar-refractivity contribution in [3.8, 4) is 11.5 Å². The summed E-state index contributed by atoms with van der Waals surface area (Å²) >= 11 is 0. The van der Waals surface area contributed by atoms with Crippen LogP contribution in [-0.2, 0) is 19.5 Å². The zero-order valence-corrected chi connectivity index (χ0v) is 15.1. The Hall–Kier alpha value is -2.77. The molecule has 4 rings (SSSR count). The van der Waals surface area contributed by atoms with Crippen molar-refractivity contribution in [1.29, 1.82) is 0 Å². The van der Waals surface area contributed by atoms with Crippen molar-refractivity contribution >= 4 is 5.82 Å². The SMILES string of the molecule is CC(C)c1noc(-c2ccnc(NCc3nnc4n3CCCCC4)c2)n1. The first-order valence-electron chi connectivity index (χ1n) is 9.15. The summed E-state index contributed by atoms with van der Waals surface area (Å²) in [6, 6.07) is 3.78. The Morgan fingerprint density at radius 3 is 3.00 bits per heavy atom. The second-order valence-electron chi connectivity index (χ2n) is 6.89. The van der Waals surface area contributed by atoms with Crippen LogP contribution in [0.2, 0.25) is 0 Å². The molecule has 0 spiro atoms. The minimum atomic E-state index is 0.232. The lowest BCUT2D eigenvalue weighted by Gasteiger charge is -2.09. The molecule has 0 radical (unpaired) electrons. The Bertz CT molecular complexity index is 883. The van der Waals surface area contributed by atoms with Crippen LogP contribution in [0, 0.1) is 0 Å². The highest BCUT2D eigenvalue weighted by Crippen LogP contribution is 2.22. The van der Waals surface area contributed by atoms with Crippen LogP contribution in [0.3, 0.4) is 0 Å². The van der Waals surface area contributed by atoms with Crippen LogP contribution in [0.5, 0.6) is 0 Å². The molecule has 0 unspecified atom stereocenters. The molecule has 3 aromatic rings. The van der Waals surface area contributed by atoms with Gasteiger partial charge in [0.1, 0.15) is 11.6 Å². The Morgan fingerprint density at radius 2 is 2.15 bits per heavy atom. The van der Waals surface area contributed by atoms with E-state index in [9.17, 15) is 0 Å². The first-order valence-corrected chi connectivity index (χ1v) is 9.15. The molecule has 4 heterocycles. The van der Waals surface area contributed by atoms with Crippen molar-refractivity contribution in [1.82, 2.24) is 29.9 Å². The molecule has 1 aliphatic rings. The zero-order chi connectivity index (χ0) is 17.9. The van der Waals surface area contributed by atoms with Gasteiger partial charge in [0.2, 0.25) is 0 Å². The normalized spacial score (nSPS) is 14.3. The average molecular weight is 353 g/mol. The third-order valence-corrected chi connectivity index (χ3v) is 4.58. The average Bonchev–Trinajstić information content (AvgIpc) is 3.22. The first-order chi connectivity index (χ1) is 12.7. The number of aryl methyl sites for hydroxylation is 1. The molecule has 0 fully saturated rings. The highest BCUT2D eigenvalue weighted by Gasteiger charge is 2.15. The van der Waals surface area contributed by atoms with E-state index in [-0.39, 0.29) is 5.92 Å². The van der Waals surface area contributed by atoms with E-state index in [4.69, 9.17) is 4.52 Å². The highest BCUT2D eigenvalue weighted by atomic mass is 16.5. The van der Waals surface area contributed by atoms with Gasteiger partial charge < -0.3 is 14.4 Å². The fourth-order valence-electron chi connectivity index (χ4n) is 3.09. The van der Waals surface area contributed by atoms with Gasteiger partial charge in [-0.15, -0.1) is 10.2 Å². The van der Waals surface area contributed by atoms with E-state index < -0.39 is 0 Å². The van der Waals surface area contributed by atoms with Crippen molar-refractivity contribution in [3.63, 3.8) is 0 Å². The molecule has 26 heavy (non-hydrogen) atoms. The minimum absolute atomic E-state index is 0.232. The van der Waals surface area contributed by atoms with Gasteiger partial charge in [0.15, 0.2) is 11.6 Å². The van der Waals surface area contributed by atoms with Gasteiger partial charge in [0.05, 0.1) is 6.54 Å². The number of fused-ring (bicyclic) bond motifs is 1. The maximum absolute atomic E-state index is 5.36. The molecule has 1 aliphatic heterocycles. The maximum atomic E-state index is 5.36. The standard InChI is InChI=1S/C18H23N7O/c1-12(2)17-21-18(26-24-17)13-7-8-19-14(10-13)20-11-16-23-22-15-6-4-3-5-9-25(15)16/h7-8,10,12H,3-6,9,11H2,1-2H3,(H,19,20). The first kappa shape index (κ1) is 16.7. The number of hydrogen-bond acceptors (Lipinski definition) is 7. The van der Waals surface area contributed by atoms with Crippen LogP contribution in [0.4, 0.5) is 5.82 Å². The summed E-state index contributed by atoms with van der Waals surface area (Å²) in [6.07, 6.45) is 6.37. The van der Waals surface area contributed by atoms with E-state index in [0.29, 0.717) is 18.3 Å². The molecular weight excluding hydrogens is 330 g/mol. The van der Waals surface area contributed by atoms with E-state index in [2.05, 4.69) is 35.2 Å². The molecule has 0 aliphatic carbocycles. The monoisotopic (exact) mass is 353 g/mol. The van der Waals surface area contributed by atoms with Crippen molar-refractivity contribution in [2.75, 3.05) is 5.32 Å². The number of pyridine rings is 1. The van der Waals surface area contributed by atoms with Crippen LogP contribution in [0.15, 0.2) is 22.9 Å². The molecule has 0 saturated heterocycles. The van der Waals surface area contributed by atoms with Crippen LogP contribution in [0.25, 0.3) is 11.5 Å². The number of nitrogens with one attached hydrogen (secondary N) is 1. The van der Waals surface area contributed by atoms with Crippen LogP contribution < -0.4 is 5.32 Å². The van der Waals surface area contributed by atoms with E-state index >= 15 is 0 Å². The zero-order valence-electron chi connectivity index (χ0n) is 15.1. The molecule has 0 atom stereocenters. The molecule has 8 heteroatoms. The lowest BCUT2D eigenvalue weighted by atomic mass is 10.2. The van der Waals surface area contributed by atoms with Crippen LogP contribution in [-0.4, -0.2) is 29.9 Å². The third-order valence-electron chi connectivity index (χ3n) is 4.58. The summed E-state index contributed by atoms with van der Waals surface area (Å²) in [5.41, 5.74) is 0.849. The predicted molar refractivity (Wildman–Crippen MR) is 96.5 cm³/mol. The van der Waals surface area contributed by atoms with Crippen LogP contribution in [0.1, 0.15) is 56.5 Å². The lowest BCUT2D eigenvalue weighted by molar-refractivity contribution is 0.419. The second-order valence-corrected chi connectivity index (χ2v) is 6.89. The number of rotatable bonds is 5. The summed E-state index contributed by atoms with van der Waals surface area (Å²) in [4.78, 5) is 8.82. The highest BCUT2D eigenvalue weighted by molar-refractivity contribution is 5.57. The summed E-state index contributed by atoms with van der Waals surface area (Å²) in [7, 11) is 0. The van der Waals surface area contributed by atoms with Crippen LogP contribution >= 0.6 is 0 Å². The summed E-state index contributed by atoms with van der Waals surface area (Å²) in [6.45, 7) is 5.66. The topological polar surface area (TPSA) is 94.5 Å². The molecule has 0 saturated carbocycles. The molecular formula is C18H23N7O. The third kappa shape index (κ3) is 3.44. The van der Waals surface area contributed by atoms with E-state index in [1.807, 2.05) is 26.0 Å². The quantitative estimate of drug-likeness (QED) is 0.752. The Morgan fingerprint density at radius 1 is 1.23 bits per heavy atom. The van der Waals surface area contributed by atoms with E-state index in [1.54, 1.807) is 6.20 Å². The van der Waals surface area contributed by atoms with Gasteiger partial charge in [0.25, 0.3) is 5.89 Å². The van der Waals surface area contributed by atoms with E-state index in [0.717, 1.165) is 36.0 Å². The van der Waals surface area contributed by atoms with Gasteiger partial charge in [-0.2, -0.15) is 4.98 Å². The van der Waals surface area contributed by atoms with Crippen molar-refractivity contribution in [2.45, 2.75) is 58.5 Å². The summed E-state index contributed by atoms with van der Waals surface area (Å²) < 4.78 is 7.60. The fourth-order valence-corrected chi connectivity index (χ4v) is 3.09. The molecule has 0 amide bonds. The molecule has 8 nitrogen and oxygen atoms in total. The molecule has 0 aromatic carbocycles.